The van der Waals surface area contributed by atoms with Gasteiger partial charge in [-0.2, -0.15) is 0 Å². The zero-order valence-corrected chi connectivity index (χ0v) is 33.4. The Labute approximate surface area is 334 Å². The number of amides is 2. The molecule has 298 valence electrons. The van der Waals surface area contributed by atoms with Crippen molar-refractivity contribution < 1.29 is 32.3 Å². The molecule has 11 nitrogen and oxygen atoms in total. The number of fused-ring (bicyclic) bond motifs is 3. The average molecular weight is 791 g/mol. The van der Waals surface area contributed by atoms with Crippen LogP contribution in [0.1, 0.15) is 75.3 Å². The molecule has 2 amide bonds. The number of nitrogens with one attached hydrogen (secondary N) is 1. The summed E-state index contributed by atoms with van der Waals surface area (Å²) in [6.07, 6.45) is 11.3. The standard InChI is InChI=1S/C45H50N4O7S/c1-29-36-25-38(37-17-11-12-22-46-37)47-42(35(36)20-21-41(29)55-2)56-33-24-39-40(50)27-45(44(52)48-57(53,54)34-18-19-34)26-32(45)16-10-5-3-4-9-15-31(43(51)49(39)28-33)23-30-13-7-6-8-14-30/h6-8,10-14,16-17,20-22,25,31-34,39H,3-5,9,15,18-19,23-24,26-28H2,1-2H3,(H,48,52)/b16-10-/t31-,32-,33-,39+,45-/m1/s1. The van der Waals surface area contributed by atoms with E-state index in [1.165, 1.54) is 0 Å². The minimum absolute atomic E-state index is 0.112. The van der Waals surface area contributed by atoms with Crippen LogP contribution in [0.5, 0.6) is 11.6 Å². The van der Waals surface area contributed by atoms with Crippen LogP contribution in [-0.4, -0.2) is 71.9 Å². The highest BCUT2D eigenvalue weighted by molar-refractivity contribution is 7.90. The first-order valence-corrected chi connectivity index (χ1v) is 21.8. The number of benzene rings is 2. The van der Waals surface area contributed by atoms with Crippen LogP contribution in [0.4, 0.5) is 0 Å². The van der Waals surface area contributed by atoms with Gasteiger partial charge in [0.15, 0.2) is 5.78 Å². The fourth-order valence-corrected chi connectivity index (χ4v) is 10.1. The van der Waals surface area contributed by atoms with E-state index in [1.807, 2.05) is 79.7 Å². The number of Topliss-reactive ketones (excluding diaryl/α,β-unsaturated/α-hetero) is 1. The predicted octanol–water partition coefficient (Wildman–Crippen LogP) is 6.92. The number of carbonyl (C=O) groups excluding carboxylic acids is 3. The summed E-state index contributed by atoms with van der Waals surface area (Å²) in [5.74, 6) is -0.554. The lowest BCUT2D eigenvalue weighted by atomic mass is 9.90. The summed E-state index contributed by atoms with van der Waals surface area (Å²) in [7, 11) is -2.20. The highest BCUT2D eigenvalue weighted by atomic mass is 32.2. The fraction of sp³-hybridized carbons (Fsp3) is 0.444. The molecule has 57 heavy (non-hydrogen) atoms. The Morgan fingerprint density at radius 3 is 2.53 bits per heavy atom. The van der Waals surface area contributed by atoms with Crippen molar-refractivity contribution in [3.63, 3.8) is 0 Å². The zero-order valence-electron chi connectivity index (χ0n) is 32.6. The molecule has 2 aliphatic heterocycles. The van der Waals surface area contributed by atoms with Crippen molar-refractivity contribution in [3.05, 3.63) is 96.2 Å². The number of ether oxygens (including phenoxy) is 2. The summed E-state index contributed by atoms with van der Waals surface area (Å²) in [5.41, 5.74) is 2.04. The van der Waals surface area contributed by atoms with Crippen LogP contribution in [0.25, 0.3) is 22.2 Å². The van der Waals surface area contributed by atoms with E-state index in [0.717, 1.165) is 53.3 Å². The molecule has 0 bridgehead atoms. The Bertz CT molecular complexity index is 2300. The van der Waals surface area contributed by atoms with E-state index in [9.17, 15) is 22.8 Å². The van der Waals surface area contributed by atoms with Gasteiger partial charge in [0.1, 0.15) is 11.9 Å². The third kappa shape index (κ3) is 8.19. The Balaban J connectivity index is 1.15. The van der Waals surface area contributed by atoms with Crippen molar-refractivity contribution in [1.29, 1.82) is 0 Å². The van der Waals surface area contributed by atoms with Gasteiger partial charge in [-0.25, -0.2) is 13.4 Å². The molecule has 4 aliphatic rings. The summed E-state index contributed by atoms with van der Waals surface area (Å²) in [5, 5.41) is 1.07. The van der Waals surface area contributed by atoms with Gasteiger partial charge < -0.3 is 14.4 Å². The topological polar surface area (TPSA) is 145 Å². The van der Waals surface area contributed by atoms with E-state index in [4.69, 9.17) is 14.5 Å². The molecule has 1 N–H and O–H groups in total. The first kappa shape index (κ1) is 38.8. The maximum Gasteiger partial charge on any atom is 0.240 e. The first-order chi connectivity index (χ1) is 27.6. The Morgan fingerprint density at radius 1 is 0.965 bits per heavy atom. The van der Waals surface area contributed by atoms with E-state index in [0.29, 0.717) is 49.4 Å². The molecule has 1 saturated heterocycles. The highest BCUT2D eigenvalue weighted by Gasteiger charge is 2.61. The second kappa shape index (κ2) is 16.0. The van der Waals surface area contributed by atoms with Gasteiger partial charge in [-0.05, 0) is 105 Å². The van der Waals surface area contributed by atoms with Gasteiger partial charge in [0.05, 0.1) is 41.7 Å². The molecule has 2 saturated carbocycles. The monoisotopic (exact) mass is 790 g/mol. The number of methoxy groups -OCH3 is 1. The lowest BCUT2D eigenvalue weighted by Crippen LogP contribution is -2.46. The van der Waals surface area contributed by atoms with Crippen LogP contribution in [0.15, 0.2) is 85.1 Å². The van der Waals surface area contributed by atoms with Crippen LogP contribution in [0, 0.1) is 24.2 Å². The number of nitrogens with zero attached hydrogens (tertiary/aromatic N) is 3. The van der Waals surface area contributed by atoms with Crippen molar-refractivity contribution in [1.82, 2.24) is 19.6 Å². The van der Waals surface area contributed by atoms with Gasteiger partial charge >= 0.3 is 0 Å². The molecular formula is C45H50N4O7S. The molecule has 2 aliphatic carbocycles. The van der Waals surface area contributed by atoms with E-state index < -0.39 is 38.7 Å². The fourth-order valence-electron chi connectivity index (χ4n) is 8.75. The molecule has 4 aromatic rings. The molecular weight excluding hydrogens is 741 g/mol. The van der Waals surface area contributed by atoms with E-state index in [2.05, 4.69) is 15.8 Å². The quantitative estimate of drug-likeness (QED) is 0.179. The van der Waals surface area contributed by atoms with Gasteiger partial charge in [0, 0.05) is 30.3 Å². The summed E-state index contributed by atoms with van der Waals surface area (Å²) < 4.78 is 40.7. The van der Waals surface area contributed by atoms with E-state index in [-0.39, 0.29) is 42.9 Å². The summed E-state index contributed by atoms with van der Waals surface area (Å²) in [6, 6.07) is 20.5. The first-order valence-electron chi connectivity index (χ1n) is 20.2. The van der Waals surface area contributed by atoms with Crippen LogP contribution in [0.3, 0.4) is 0 Å². The SMILES string of the molecule is COc1ccc2c(O[C@@H]3C[C@H]4C(=O)C[C@]5(C(=O)NS(=O)(=O)C6CC6)C[C@H]5/C=C\CCCCC[C@H](Cc5ccccc5)C(=O)N4C3)nc(-c3ccccn3)cc2c1C. The number of sulfonamides is 1. The van der Waals surface area contributed by atoms with E-state index >= 15 is 0 Å². The summed E-state index contributed by atoms with van der Waals surface area (Å²) >= 11 is 0. The Morgan fingerprint density at radius 2 is 1.77 bits per heavy atom. The molecule has 0 radical (unpaired) electrons. The number of pyridine rings is 2. The zero-order chi connectivity index (χ0) is 39.7. The normalized spacial score (nSPS) is 26.1. The number of hydrogen-bond acceptors (Lipinski definition) is 9. The van der Waals surface area contributed by atoms with Crippen LogP contribution in [0.2, 0.25) is 0 Å². The Kier molecular flexibility index (Phi) is 10.9. The minimum Gasteiger partial charge on any atom is -0.496 e. The molecule has 8 rings (SSSR count). The number of allylic oxidation sites excluding steroid dienone is 2. The van der Waals surface area contributed by atoms with Crippen LogP contribution in [-0.2, 0) is 30.8 Å². The van der Waals surface area contributed by atoms with Gasteiger partial charge in [0.2, 0.25) is 27.7 Å². The number of carbonyl (C=O) groups is 3. The van der Waals surface area contributed by atoms with Crippen LogP contribution >= 0.6 is 0 Å². The molecule has 2 aromatic carbocycles. The third-order valence-electron chi connectivity index (χ3n) is 12.3. The van der Waals surface area contributed by atoms with Crippen molar-refractivity contribution in [2.45, 2.75) is 94.9 Å². The van der Waals surface area contributed by atoms with Crippen LogP contribution < -0.4 is 14.2 Å². The predicted molar refractivity (Wildman–Crippen MR) is 217 cm³/mol. The second-order valence-electron chi connectivity index (χ2n) is 16.2. The molecule has 0 spiro atoms. The van der Waals surface area contributed by atoms with Gasteiger partial charge in [-0.1, -0.05) is 61.4 Å². The number of aromatic nitrogens is 2. The van der Waals surface area contributed by atoms with Gasteiger partial charge in [-0.3, -0.25) is 24.1 Å². The number of ketones is 1. The molecule has 3 fully saturated rings. The summed E-state index contributed by atoms with van der Waals surface area (Å²) in [6.45, 7) is 2.14. The third-order valence-corrected chi connectivity index (χ3v) is 14.1. The lowest BCUT2D eigenvalue weighted by molar-refractivity contribution is -0.142. The molecule has 4 heterocycles. The molecule has 2 aromatic heterocycles. The smallest absolute Gasteiger partial charge is 0.240 e. The van der Waals surface area contributed by atoms with Gasteiger partial charge in [0.25, 0.3) is 0 Å². The van der Waals surface area contributed by atoms with Gasteiger partial charge in [-0.15, -0.1) is 0 Å². The highest BCUT2D eigenvalue weighted by Crippen LogP contribution is 2.57. The average Bonchev–Trinajstić information content (AvgIpc) is 4.14. The number of aryl methyl sites for hydroxylation is 1. The second-order valence-corrected chi connectivity index (χ2v) is 18.2. The maximum atomic E-state index is 14.9. The largest absolute Gasteiger partial charge is 0.496 e. The number of hydrogen-bond donors (Lipinski definition) is 1. The molecule has 5 atom stereocenters. The van der Waals surface area contributed by atoms with Crippen molar-refractivity contribution >= 4 is 38.4 Å². The van der Waals surface area contributed by atoms with Crippen molar-refractivity contribution in [2.24, 2.45) is 17.3 Å². The Hall–Kier alpha value is -5.10. The molecule has 12 heteroatoms. The minimum atomic E-state index is -3.83. The lowest BCUT2D eigenvalue weighted by Gasteiger charge is -2.29. The van der Waals surface area contributed by atoms with Crippen molar-refractivity contribution in [3.8, 4) is 23.0 Å². The molecule has 0 unspecified atom stereocenters. The van der Waals surface area contributed by atoms with E-state index in [1.54, 1.807) is 18.2 Å². The summed E-state index contributed by atoms with van der Waals surface area (Å²) in [4.78, 5) is 54.7. The van der Waals surface area contributed by atoms with Crippen molar-refractivity contribution in [2.75, 3.05) is 13.7 Å². The maximum absolute atomic E-state index is 14.9. The number of rotatable bonds is 9.